The number of amides is 2. The number of carbonyl (C=O) groups is 2. The first-order valence-corrected chi connectivity index (χ1v) is 10.2. The predicted octanol–water partition coefficient (Wildman–Crippen LogP) is 0.950. The van der Waals surface area contributed by atoms with Crippen LogP contribution >= 0.6 is 0 Å². The van der Waals surface area contributed by atoms with Crippen LogP contribution in [0.5, 0.6) is 0 Å². The van der Waals surface area contributed by atoms with Crippen molar-refractivity contribution in [3.05, 3.63) is 18.0 Å². The molecule has 0 unspecified atom stereocenters. The van der Waals surface area contributed by atoms with Crippen LogP contribution < -0.4 is 4.90 Å². The summed E-state index contributed by atoms with van der Waals surface area (Å²) >= 11 is 0. The number of rotatable bonds is 3. The van der Waals surface area contributed by atoms with Crippen molar-refractivity contribution in [2.45, 2.75) is 26.7 Å². The van der Waals surface area contributed by atoms with Gasteiger partial charge >= 0.3 is 6.09 Å². The van der Waals surface area contributed by atoms with E-state index in [0.29, 0.717) is 32.8 Å². The second-order valence-electron chi connectivity index (χ2n) is 7.48. The number of carbonyl (C=O) groups excluding carboxylic acids is 2. The maximum Gasteiger partial charge on any atom is 0.409 e. The van der Waals surface area contributed by atoms with E-state index < -0.39 is 0 Å². The predicted molar refractivity (Wildman–Crippen MR) is 106 cm³/mol. The van der Waals surface area contributed by atoms with Gasteiger partial charge < -0.3 is 19.4 Å². The van der Waals surface area contributed by atoms with E-state index in [9.17, 15) is 9.59 Å². The van der Waals surface area contributed by atoms with Crippen LogP contribution in [0, 0.1) is 12.8 Å². The summed E-state index contributed by atoms with van der Waals surface area (Å²) in [6.45, 7) is 7.84. The Balaban J connectivity index is 1.30. The van der Waals surface area contributed by atoms with Crippen molar-refractivity contribution in [3.8, 4) is 0 Å². The fourth-order valence-electron chi connectivity index (χ4n) is 3.99. The van der Waals surface area contributed by atoms with E-state index in [4.69, 9.17) is 4.74 Å². The molecule has 4 rings (SSSR count). The van der Waals surface area contributed by atoms with Crippen molar-refractivity contribution >= 4 is 23.5 Å². The highest BCUT2D eigenvalue weighted by molar-refractivity contribution is 5.79. The molecule has 0 bridgehead atoms. The van der Waals surface area contributed by atoms with Gasteiger partial charge in [0.15, 0.2) is 11.5 Å². The average molecular weight is 401 g/mol. The van der Waals surface area contributed by atoms with Gasteiger partial charge in [-0.3, -0.25) is 4.79 Å². The Labute approximate surface area is 169 Å². The van der Waals surface area contributed by atoms with E-state index >= 15 is 0 Å². The second-order valence-corrected chi connectivity index (χ2v) is 7.48. The Hall–Kier alpha value is -2.91. The molecule has 2 aliphatic rings. The zero-order valence-electron chi connectivity index (χ0n) is 17.0. The minimum Gasteiger partial charge on any atom is -0.450 e. The van der Waals surface area contributed by atoms with E-state index in [2.05, 4.69) is 20.2 Å². The standard InChI is InChI=1S/C19H27N7O3/c1-3-29-19(28)25-12-10-24(11-13-25)18(27)15-6-8-23(9-7-15)17-5-4-16-21-20-14(2)26(16)22-17/h4-5,15H,3,6-13H2,1-2H3. The lowest BCUT2D eigenvalue weighted by Crippen LogP contribution is -2.53. The van der Waals surface area contributed by atoms with E-state index in [1.165, 1.54) is 0 Å². The number of nitrogens with zero attached hydrogens (tertiary/aromatic N) is 7. The van der Waals surface area contributed by atoms with Crippen molar-refractivity contribution < 1.29 is 14.3 Å². The molecule has 0 saturated carbocycles. The summed E-state index contributed by atoms with van der Waals surface area (Å²) in [5, 5.41) is 12.7. The molecular weight excluding hydrogens is 374 g/mol. The summed E-state index contributed by atoms with van der Waals surface area (Å²) in [6, 6.07) is 3.88. The van der Waals surface area contributed by atoms with Gasteiger partial charge in [0.05, 0.1) is 6.61 Å². The summed E-state index contributed by atoms with van der Waals surface area (Å²) in [4.78, 5) is 30.5. The molecule has 2 amide bonds. The third-order valence-corrected chi connectivity index (χ3v) is 5.69. The molecule has 156 valence electrons. The number of aryl methyl sites for hydroxylation is 1. The number of aromatic nitrogens is 4. The summed E-state index contributed by atoms with van der Waals surface area (Å²) in [7, 11) is 0. The lowest BCUT2D eigenvalue weighted by atomic mass is 9.95. The smallest absolute Gasteiger partial charge is 0.409 e. The lowest BCUT2D eigenvalue weighted by molar-refractivity contribution is -0.137. The zero-order chi connectivity index (χ0) is 20.4. The molecule has 0 radical (unpaired) electrons. The summed E-state index contributed by atoms with van der Waals surface area (Å²) in [6.07, 6.45) is 1.32. The molecule has 0 atom stereocenters. The van der Waals surface area contributed by atoms with E-state index in [1.54, 1.807) is 16.3 Å². The molecular formula is C19H27N7O3. The van der Waals surface area contributed by atoms with Gasteiger partial charge in [0, 0.05) is 45.2 Å². The molecule has 0 aliphatic carbocycles. The van der Waals surface area contributed by atoms with Gasteiger partial charge in [0.1, 0.15) is 5.82 Å². The third-order valence-electron chi connectivity index (χ3n) is 5.69. The van der Waals surface area contributed by atoms with Crippen LogP contribution in [-0.4, -0.2) is 87.5 Å². The minimum absolute atomic E-state index is 0.0285. The Bertz CT molecular complexity index is 883. The average Bonchev–Trinajstić information content (AvgIpc) is 3.14. The van der Waals surface area contributed by atoms with Crippen LogP contribution in [0.15, 0.2) is 12.1 Å². The number of ether oxygens (including phenoxy) is 1. The number of piperidine rings is 1. The van der Waals surface area contributed by atoms with Crippen LogP contribution in [0.3, 0.4) is 0 Å². The molecule has 0 spiro atoms. The molecule has 10 nitrogen and oxygen atoms in total. The van der Waals surface area contributed by atoms with Gasteiger partial charge in [-0.1, -0.05) is 0 Å². The molecule has 2 fully saturated rings. The van der Waals surface area contributed by atoms with Gasteiger partial charge in [0.25, 0.3) is 0 Å². The molecule has 4 heterocycles. The monoisotopic (exact) mass is 401 g/mol. The Morgan fingerprint density at radius 1 is 1.03 bits per heavy atom. The van der Waals surface area contributed by atoms with Gasteiger partial charge in [-0.2, -0.15) is 4.52 Å². The van der Waals surface area contributed by atoms with Gasteiger partial charge in [0.2, 0.25) is 5.91 Å². The van der Waals surface area contributed by atoms with E-state index in [-0.39, 0.29) is 17.9 Å². The van der Waals surface area contributed by atoms with Crippen LogP contribution in [-0.2, 0) is 9.53 Å². The fraction of sp³-hybridized carbons (Fsp3) is 0.632. The highest BCUT2D eigenvalue weighted by Crippen LogP contribution is 2.24. The van der Waals surface area contributed by atoms with Crippen LogP contribution in [0.2, 0.25) is 0 Å². The quantitative estimate of drug-likeness (QED) is 0.755. The largest absolute Gasteiger partial charge is 0.450 e. The van der Waals surface area contributed by atoms with Crippen molar-refractivity contribution in [2.24, 2.45) is 5.92 Å². The zero-order valence-corrected chi connectivity index (χ0v) is 17.0. The van der Waals surface area contributed by atoms with Crippen molar-refractivity contribution in [1.82, 2.24) is 29.6 Å². The van der Waals surface area contributed by atoms with Gasteiger partial charge in [-0.15, -0.1) is 15.3 Å². The van der Waals surface area contributed by atoms with E-state index in [1.807, 2.05) is 24.0 Å². The molecule has 0 aromatic carbocycles. The fourth-order valence-corrected chi connectivity index (χ4v) is 3.99. The number of hydrogen-bond acceptors (Lipinski definition) is 7. The SMILES string of the molecule is CCOC(=O)N1CCN(C(=O)C2CCN(c3ccc4nnc(C)n4n3)CC2)CC1. The van der Waals surface area contributed by atoms with Crippen LogP contribution in [0.25, 0.3) is 5.65 Å². The normalized spacial score (nSPS) is 18.3. The number of hydrogen-bond donors (Lipinski definition) is 0. The highest BCUT2D eigenvalue weighted by Gasteiger charge is 2.32. The Morgan fingerprint density at radius 2 is 1.72 bits per heavy atom. The summed E-state index contributed by atoms with van der Waals surface area (Å²) in [5.74, 6) is 1.87. The summed E-state index contributed by atoms with van der Waals surface area (Å²) < 4.78 is 6.78. The van der Waals surface area contributed by atoms with Crippen molar-refractivity contribution in [2.75, 3.05) is 50.8 Å². The Kier molecular flexibility index (Phi) is 5.50. The van der Waals surface area contributed by atoms with Crippen LogP contribution in [0.1, 0.15) is 25.6 Å². The topological polar surface area (TPSA) is 96.2 Å². The Morgan fingerprint density at radius 3 is 2.41 bits per heavy atom. The van der Waals surface area contributed by atoms with E-state index in [0.717, 1.165) is 43.2 Å². The molecule has 0 N–H and O–H groups in total. The second kappa shape index (κ2) is 8.22. The maximum absolute atomic E-state index is 12.9. The molecule has 2 saturated heterocycles. The number of anilines is 1. The first kappa shape index (κ1) is 19.4. The van der Waals surface area contributed by atoms with Gasteiger partial charge in [-0.05, 0) is 38.8 Å². The number of fused-ring (bicyclic) bond motifs is 1. The molecule has 29 heavy (non-hydrogen) atoms. The molecule has 10 heteroatoms. The number of piperazine rings is 1. The van der Waals surface area contributed by atoms with Crippen LogP contribution in [0.4, 0.5) is 10.6 Å². The minimum atomic E-state index is -0.291. The first-order chi connectivity index (χ1) is 14.1. The lowest BCUT2D eigenvalue weighted by Gasteiger charge is -2.38. The van der Waals surface area contributed by atoms with Crippen molar-refractivity contribution in [3.63, 3.8) is 0 Å². The highest BCUT2D eigenvalue weighted by atomic mass is 16.6. The molecule has 2 aromatic heterocycles. The maximum atomic E-state index is 12.9. The van der Waals surface area contributed by atoms with Gasteiger partial charge in [-0.25, -0.2) is 4.79 Å². The van der Waals surface area contributed by atoms with Crippen molar-refractivity contribution in [1.29, 1.82) is 0 Å². The third kappa shape index (κ3) is 3.96. The first-order valence-electron chi connectivity index (χ1n) is 10.2. The molecule has 2 aromatic rings. The molecule has 2 aliphatic heterocycles. The summed E-state index contributed by atoms with van der Waals surface area (Å²) in [5.41, 5.74) is 0.735.